The molecule has 1 rings (SSSR count). The monoisotopic (exact) mass is 171 g/mol. The fourth-order valence-electron chi connectivity index (χ4n) is 1.29. The second-order valence-electron chi connectivity index (χ2n) is 3.53. The molecule has 1 saturated carbocycles. The largest absolute Gasteiger partial charge is 0.378 e. The van der Waals surface area contributed by atoms with Crippen LogP contribution >= 0.6 is 0 Å². The van der Waals surface area contributed by atoms with Gasteiger partial charge in [0.25, 0.3) is 0 Å². The van der Waals surface area contributed by atoms with Gasteiger partial charge in [-0.1, -0.05) is 6.92 Å². The lowest BCUT2D eigenvalue weighted by molar-refractivity contribution is 0.00154. The summed E-state index contributed by atoms with van der Waals surface area (Å²) in [6, 6.07) is 0. The minimum Gasteiger partial charge on any atom is -0.378 e. The normalized spacial score (nSPS) is 17.8. The Bertz CT molecular complexity index is 102. The van der Waals surface area contributed by atoms with E-state index in [9.17, 15) is 0 Å². The molecule has 0 spiro atoms. The van der Waals surface area contributed by atoms with Crippen molar-refractivity contribution in [1.82, 2.24) is 5.32 Å². The third-order valence-corrected chi connectivity index (χ3v) is 2.33. The first-order valence-electron chi connectivity index (χ1n) is 5.26. The Labute approximate surface area is 75.7 Å². The van der Waals surface area contributed by atoms with Gasteiger partial charge in [-0.25, -0.2) is 0 Å². The molecule has 0 saturated heterocycles. The molecule has 2 nitrogen and oxygen atoms in total. The Balaban J connectivity index is 1.70. The Morgan fingerprint density at radius 3 is 2.75 bits per heavy atom. The highest BCUT2D eigenvalue weighted by atomic mass is 16.5. The molecular weight excluding hydrogens is 150 g/mol. The lowest BCUT2D eigenvalue weighted by Crippen LogP contribution is -2.24. The van der Waals surface area contributed by atoms with Gasteiger partial charge in [-0.3, -0.25) is 0 Å². The van der Waals surface area contributed by atoms with Crippen molar-refractivity contribution in [2.45, 2.75) is 45.1 Å². The van der Waals surface area contributed by atoms with E-state index in [1.54, 1.807) is 0 Å². The summed E-state index contributed by atoms with van der Waals surface area (Å²) in [7, 11) is 0. The minimum absolute atomic E-state index is 0.608. The van der Waals surface area contributed by atoms with Gasteiger partial charge in [-0.2, -0.15) is 0 Å². The molecule has 1 aliphatic rings. The molecule has 1 aliphatic carbocycles. The second-order valence-corrected chi connectivity index (χ2v) is 3.53. The van der Waals surface area contributed by atoms with Crippen LogP contribution < -0.4 is 5.32 Å². The first-order chi connectivity index (χ1) is 5.93. The minimum atomic E-state index is 0.608. The summed E-state index contributed by atoms with van der Waals surface area (Å²) in [6.07, 6.45) is 6.96. The third kappa shape index (κ3) is 4.07. The summed E-state index contributed by atoms with van der Waals surface area (Å²) < 4.78 is 5.62. The van der Waals surface area contributed by atoms with Crippen LogP contribution in [0.1, 0.15) is 39.0 Å². The highest BCUT2D eigenvalue weighted by molar-refractivity contribution is 4.68. The molecule has 1 fully saturated rings. The van der Waals surface area contributed by atoms with Crippen LogP contribution in [0.3, 0.4) is 0 Å². The zero-order valence-electron chi connectivity index (χ0n) is 8.14. The summed E-state index contributed by atoms with van der Waals surface area (Å²) >= 11 is 0. The molecule has 0 aliphatic heterocycles. The van der Waals surface area contributed by atoms with Crippen LogP contribution in [0.4, 0.5) is 0 Å². The summed E-state index contributed by atoms with van der Waals surface area (Å²) in [5.41, 5.74) is 0. The van der Waals surface area contributed by atoms with Crippen molar-refractivity contribution >= 4 is 0 Å². The quantitative estimate of drug-likeness (QED) is 0.591. The van der Waals surface area contributed by atoms with Gasteiger partial charge >= 0.3 is 0 Å². The average Bonchev–Trinajstić information content (AvgIpc) is 2.00. The molecule has 0 heterocycles. The van der Waals surface area contributed by atoms with E-state index in [-0.39, 0.29) is 0 Å². The molecule has 0 unspecified atom stereocenters. The van der Waals surface area contributed by atoms with Crippen LogP contribution in [0.25, 0.3) is 0 Å². The van der Waals surface area contributed by atoms with Crippen LogP contribution in [-0.2, 0) is 4.74 Å². The SMILES string of the molecule is CCCNCCCOC1CCC1. The molecule has 0 bridgehead atoms. The van der Waals surface area contributed by atoms with Gasteiger partial charge in [0.2, 0.25) is 0 Å². The van der Waals surface area contributed by atoms with Gasteiger partial charge in [0.05, 0.1) is 6.10 Å². The fraction of sp³-hybridized carbons (Fsp3) is 1.00. The zero-order chi connectivity index (χ0) is 8.65. The van der Waals surface area contributed by atoms with Crippen LogP contribution in [0, 0.1) is 0 Å². The molecule has 0 aromatic carbocycles. The Morgan fingerprint density at radius 1 is 1.33 bits per heavy atom. The lowest BCUT2D eigenvalue weighted by Gasteiger charge is -2.25. The number of nitrogens with one attached hydrogen (secondary N) is 1. The number of hydrogen-bond donors (Lipinski definition) is 1. The first-order valence-corrected chi connectivity index (χ1v) is 5.26. The molecule has 1 N–H and O–H groups in total. The van der Waals surface area contributed by atoms with Crippen LogP contribution in [-0.4, -0.2) is 25.8 Å². The predicted octanol–water partition coefficient (Wildman–Crippen LogP) is 1.95. The highest BCUT2D eigenvalue weighted by Gasteiger charge is 2.16. The number of hydrogen-bond acceptors (Lipinski definition) is 2. The molecule has 0 amide bonds. The van der Waals surface area contributed by atoms with E-state index in [2.05, 4.69) is 12.2 Å². The summed E-state index contributed by atoms with van der Waals surface area (Å²) in [4.78, 5) is 0. The van der Waals surface area contributed by atoms with E-state index in [1.807, 2.05) is 0 Å². The van der Waals surface area contributed by atoms with E-state index < -0.39 is 0 Å². The van der Waals surface area contributed by atoms with Crippen molar-refractivity contribution in [2.75, 3.05) is 19.7 Å². The molecule has 72 valence electrons. The number of rotatable bonds is 7. The summed E-state index contributed by atoms with van der Waals surface area (Å²) in [5, 5.41) is 3.36. The van der Waals surface area contributed by atoms with E-state index in [1.165, 1.54) is 25.7 Å². The van der Waals surface area contributed by atoms with E-state index in [0.29, 0.717) is 6.10 Å². The maximum absolute atomic E-state index is 5.62. The van der Waals surface area contributed by atoms with Crippen molar-refractivity contribution in [1.29, 1.82) is 0 Å². The van der Waals surface area contributed by atoms with Gasteiger partial charge in [0.15, 0.2) is 0 Å². The predicted molar refractivity (Wildman–Crippen MR) is 51.4 cm³/mol. The topological polar surface area (TPSA) is 21.3 Å². The molecule has 0 aromatic heterocycles. The molecular formula is C10H21NO. The average molecular weight is 171 g/mol. The van der Waals surface area contributed by atoms with Gasteiger partial charge in [-0.05, 0) is 45.2 Å². The summed E-state index contributed by atoms with van der Waals surface area (Å²) in [5.74, 6) is 0. The fourth-order valence-corrected chi connectivity index (χ4v) is 1.29. The van der Waals surface area contributed by atoms with Crippen molar-refractivity contribution in [3.8, 4) is 0 Å². The highest BCUT2D eigenvalue weighted by Crippen LogP contribution is 2.21. The standard InChI is InChI=1S/C10H21NO/c1-2-7-11-8-4-9-12-10-5-3-6-10/h10-11H,2-9H2,1H3. The smallest absolute Gasteiger partial charge is 0.0575 e. The maximum Gasteiger partial charge on any atom is 0.0575 e. The first kappa shape index (κ1) is 10.0. The zero-order valence-corrected chi connectivity index (χ0v) is 8.14. The molecule has 0 aromatic rings. The molecule has 0 radical (unpaired) electrons. The lowest BCUT2D eigenvalue weighted by atomic mass is 9.96. The van der Waals surface area contributed by atoms with Gasteiger partial charge < -0.3 is 10.1 Å². The van der Waals surface area contributed by atoms with Crippen LogP contribution in [0.15, 0.2) is 0 Å². The molecule has 12 heavy (non-hydrogen) atoms. The maximum atomic E-state index is 5.62. The molecule has 0 atom stereocenters. The van der Waals surface area contributed by atoms with E-state index in [0.717, 1.165) is 26.1 Å². The second kappa shape index (κ2) is 6.44. The Morgan fingerprint density at radius 2 is 2.17 bits per heavy atom. The van der Waals surface area contributed by atoms with Crippen molar-refractivity contribution < 1.29 is 4.74 Å². The number of ether oxygens (including phenoxy) is 1. The third-order valence-electron chi connectivity index (χ3n) is 2.33. The molecule has 2 heteroatoms. The Kier molecular flexibility index (Phi) is 5.37. The van der Waals surface area contributed by atoms with Crippen LogP contribution in [0.2, 0.25) is 0 Å². The van der Waals surface area contributed by atoms with Crippen molar-refractivity contribution in [3.05, 3.63) is 0 Å². The van der Waals surface area contributed by atoms with E-state index >= 15 is 0 Å². The Hall–Kier alpha value is -0.0800. The van der Waals surface area contributed by atoms with Gasteiger partial charge in [0.1, 0.15) is 0 Å². The van der Waals surface area contributed by atoms with E-state index in [4.69, 9.17) is 4.74 Å². The summed E-state index contributed by atoms with van der Waals surface area (Å²) in [6.45, 7) is 5.39. The van der Waals surface area contributed by atoms with Gasteiger partial charge in [0, 0.05) is 6.61 Å². The van der Waals surface area contributed by atoms with Crippen LogP contribution in [0.5, 0.6) is 0 Å². The van der Waals surface area contributed by atoms with Gasteiger partial charge in [-0.15, -0.1) is 0 Å². The van der Waals surface area contributed by atoms with Crippen molar-refractivity contribution in [2.24, 2.45) is 0 Å². The van der Waals surface area contributed by atoms with Crippen molar-refractivity contribution in [3.63, 3.8) is 0 Å².